The minimum Gasteiger partial charge on any atom is -0.313 e. The second-order valence-electron chi connectivity index (χ2n) is 3.51. The predicted molar refractivity (Wildman–Crippen MR) is 58.1 cm³/mol. The fourth-order valence-electron chi connectivity index (χ4n) is 1.75. The van der Waals surface area contributed by atoms with Crippen LogP contribution in [-0.2, 0) is 0 Å². The van der Waals surface area contributed by atoms with Crippen LogP contribution in [0.2, 0.25) is 0 Å². The topological polar surface area (TPSA) is 15.3 Å². The van der Waals surface area contributed by atoms with Gasteiger partial charge in [-0.15, -0.1) is 0 Å². The first-order chi connectivity index (χ1) is 6.36. The quantitative estimate of drug-likeness (QED) is 0.732. The van der Waals surface area contributed by atoms with Gasteiger partial charge in [0.2, 0.25) is 0 Å². The van der Waals surface area contributed by atoms with E-state index in [9.17, 15) is 0 Å². The molecule has 0 bridgehead atoms. The average molecular weight is 203 g/mol. The normalized spacial score (nSPS) is 23.5. The smallest absolute Gasteiger partial charge is 0.0195 e. The maximum Gasteiger partial charge on any atom is 0.0195 e. The Balaban J connectivity index is 2.21. The molecule has 1 N–H and O–H groups in total. The van der Waals surface area contributed by atoms with Crippen LogP contribution in [0.4, 0.5) is 0 Å². The van der Waals surface area contributed by atoms with Gasteiger partial charge in [-0.25, -0.2) is 0 Å². The highest BCUT2D eigenvalue weighted by atomic mass is 35.5. The highest BCUT2D eigenvalue weighted by Gasteiger charge is 2.15. The van der Waals surface area contributed by atoms with Crippen LogP contribution >= 0.6 is 11.6 Å². The molecule has 1 aliphatic heterocycles. The van der Waals surface area contributed by atoms with Gasteiger partial charge in [0.1, 0.15) is 0 Å². The molecule has 0 aliphatic carbocycles. The maximum absolute atomic E-state index is 5.50. The summed E-state index contributed by atoms with van der Waals surface area (Å²) in [6.07, 6.45) is 4.65. The van der Waals surface area contributed by atoms with Gasteiger partial charge >= 0.3 is 0 Å². The zero-order chi connectivity index (χ0) is 9.52. The molecule has 0 aromatic rings. The zero-order valence-corrected chi connectivity index (χ0v) is 9.06. The summed E-state index contributed by atoms with van der Waals surface area (Å²) in [6.45, 7) is 6.60. The molecular formula is C10H19ClN2. The van der Waals surface area contributed by atoms with Crippen molar-refractivity contribution in [3.63, 3.8) is 0 Å². The highest BCUT2D eigenvalue weighted by Crippen LogP contribution is 2.06. The lowest BCUT2D eigenvalue weighted by Gasteiger charge is -2.22. The molecule has 2 nitrogen and oxygen atoms in total. The van der Waals surface area contributed by atoms with Crippen molar-refractivity contribution in [2.24, 2.45) is 0 Å². The van der Waals surface area contributed by atoms with E-state index in [0.717, 1.165) is 19.6 Å². The molecular weight excluding hydrogens is 184 g/mol. The Kier molecular flexibility index (Phi) is 5.44. The number of rotatable bonds is 5. The van der Waals surface area contributed by atoms with Crippen LogP contribution in [0.25, 0.3) is 0 Å². The molecule has 0 aromatic heterocycles. The molecule has 0 saturated carbocycles. The summed E-state index contributed by atoms with van der Waals surface area (Å²) in [5.41, 5.74) is 1.60. The molecule has 0 aromatic carbocycles. The summed E-state index contributed by atoms with van der Waals surface area (Å²) in [4.78, 5) is 2.40. The largest absolute Gasteiger partial charge is 0.313 e. The monoisotopic (exact) mass is 202 g/mol. The molecule has 1 heterocycles. The molecule has 1 fully saturated rings. The molecule has 0 radical (unpaired) electrons. The van der Waals surface area contributed by atoms with Crippen LogP contribution in [0.5, 0.6) is 0 Å². The van der Waals surface area contributed by atoms with E-state index in [1.54, 1.807) is 5.54 Å². The van der Waals surface area contributed by atoms with Crippen LogP contribution in [0.1, 0.15) is 19.8 Å². The van der Waals surface area contributed by atoms with Crippen LogP contribution in [0.15, 0.2) is 11.6 Å². The van der Waals surface area contributed by atoms with Gasteiger partial charge in [0.25, 0.3) is 0 Å². The average Bonchev–Trinajstić information content (AvgIpc) is 2.64. The highest BCUT2D eigenvalue weighted by molar-refractivity contribution is 6.25. The van der Waals surface area contributed by atoms with Crippen molar-refractivity contribution in [2.75, 3.05) is 26.2 Å². The lowest BCUT2D eigenvalue weighted by Crippen LogP contribution is -2.37. The van der Waals surface area contributed by atoms with Crippen molar-refractivity contribution in [1.29, 1.82) is 0 Å². The van der Waals surface area contributed by atoms with E-state index in [2.05, 4.69) is 17.1 Å². The molecule has 0 amide bonds. The number of halogens is 1. The molecule has 1 atom stereocenters. The fourth-order valence-corrected chi connectivity index (χ4v) is 1.83. The summed E-state index contributed by atoms with van der Waals surface area (Å²) in [5, 5.41) is 3.50. The molecule has 1 rings (SSSR count). The molecule has 0 spiro atoms. The van der Waals surface area contributed by atoms with Gasteiger partial charge in [-0.1, -0.05) is 24.6 Å². The first-order valence-electron chi connectivity index (χ1n) is 5.07. The molecule has 3 heteroatoms. The van der Waals surface area contributed by atoms with E-state index in [4.69, 9.17) is 11.6 Å². The van der Waals surface area contributed by atoms with Crippen molar-refractivity contribution in [2.45, 2.75) is 25.8 Å². The Labute approximate surface area is 85.9 Å². The van der Waals surface area contributed by atoms with Gasteiger partial charge in [0.15, 0.2) is 0 Å². The van der Waals surface area contributed by atoms with E-state index in [-0.39, 0.29) is 0 Å². The van der Waals surface area contributed by atoms with Crippen molar-refractivity contribution >= 4 is 11.6 Å². The van der Waals surface area contributed by atoms with Crippen molar-refractivity contribution in [3.8, 4) is 0 Å². The van der Waals surface area contributed by atoms with E-state index in [1.165, 1.54) is 19.4 Å². The van der Waals surface area contributed by atoms with Crippen molar-refractivity contribution in [3.05, 3.63) is 11.6 Å². The maximum atomic E-state index is 5.50. The fraction of sp³-hybridized carbons (Fsp3) is 0.800. The number of nitrogens with zero attached hydrogens (tertiary/aromatic N) is 1. The lowest BCUT2D eigenvalue weighted by atomic mass is 10.2. The Morgan fingerprint density at radius 1 is 1.62 bits per heavy atom. The van der Waals surface area contributed by atoms with Gasteiger partial charge in [0, 0.05) is 24.7 Å². The SMILES string of the molecule is CCN(C/C=C/Cl)CC1CCCN1. The van der Waals surface area contributed by atoms with Crippen LogP contribution in [0, 0.1) is 0 Å². The Morgan fingerprint density at radius 3 is 3.00 bits per heavy atom. The number of hydrogen-bond donors (Lipinski definition) is 1. The zero-order valence-electron chi connectivity index (χ0n) is 8.30. The second-order valence-corrected chi connectivity index (χ2v) is 3.76. The van der Waals surface area contributed by atoms with E-state index >= 15 is 0 Å². The minimum absolute atomic E-state index is 0.698. The predicted octanol–water partition coefficient (Wildman–Crippen LogP) is 1.81. The third kappa shape index (κ3) is 4.12. The molecule has 1 aliphatic rings. The Hall–Kier alpha value is -0.0500. The van der Waals surface area contributed by atoms with Crippen LogP contribution < -0.4 is 5.32 Å². The summed E-state index contributed by atoms with van der Waals surface area (Å²) in [5.74, 6) is 0. The van der Waals surface area contributed by atoms with Crippen molar-refractivity contribution in [1.82, 2.24) is 10.2 Å². The van der Waals surface area contributed by atoms with Crippen molar-refractivity contribution < 1.29 is 0 Å². The second kappa shape index (κ2) is 6.41. The van der Waals surface area contributed by atoms with Crippen LogP contribution in [-0.4, -0.2) is 37.1 Å². The lowest BCUT2D eigenvalue weighted by molar-refractivity contribution is 0.287. The summed E-state index contributed by atoms with van der Waals surface area (Å²) < 4.78 is 0. The summed E-state index contributed by atoms with van der Waals surface area (Å²) in [7, 11) is 0. The van der Waals surface area contributed by atoms with Crippen LogP contribution in [0.3, 0.4) is 0 Å². The van der Waals surface area contributed by atoms with Gasteiger partial charge < -0.3 is 5.32 Å². The Bertz CT molecular complexity index is 153. The van der Waals surface area contributed by atoms with E-state index in [0.29, 0.717) is 6.04 Å². The first-order valence-corrected chi connectivity index (χ1v) is 5.51. The van der Waals surface area contributed by atoms with Gasteiger partial charge in [-0.2, -0.15) is 0 Å². The summed E-state index contributed by atoms with van der Waals surface area (Å²) in [6, 6.07) is 0.698. The molecule has 1 saturated heterocycles. The third-order valence-electron chi connectivity index (χ3n) is 2.54. The Morgan fingerprint density at radius 2 is 2.46 bits per heavy atom. The van der Waals surface area contributed by atoms with E-state index < -0.39 is 0 Å². The molecule has 1 unspecified atom stereocenters. The number of hydrogen-bond acceptors (Lipinski definition) is 2. The van der Waals surface area contributed by atoms with Gasteiger partial charge in [-0.05, 0) is 25.9 Å². The number of nitrogens with one attached hydrogen (secondary N) is 1. The number of likely N-dealkylation sites (N-methyl/N-ethyl adjacent to an activating group) is 1. The minimum atomic E-state index is 0.698. The first kappa shape index (κ1) is 11.0. The van der Waals surface area contributed by atoms with Gasteiger partial charge in [-0.3, -0.25) is 4.90 Å². The molecule has 13 heavy (non-hydrogen) atoms. The molecule has 76 valence electrons. The third-order valence-corrected chi connectivity index (χ3v) is 2.72. The summed E-state index contributed by atoms with van der Waals surface area (Å²) >= 11 is 5.50. The van der Waals surface area contributed by atoms with E-state index in [1.807, 2.05) is 6.08 Å². The van der Waals surface area contributed by atoms with Gasteiger partial charge in [0.05, 0.1) is 0 Å². The standard InChI is InChI=1S/C10H19ClN2/c1-2-13(8-4-6-11)9-10-5-3-7-12-10/h4,6,10,12H,2-3,5,7-9H2,1H3/b6-4+.